The van der Waals surface area contributed by atoms with E-state index in [1.165, 1.54) is 4.90 Å². The lowest BCUT2D eigenvalue weighted by Crippen LogP contribution is -2.36. The maximum atomic E-state index is 12.2. The summed E-state index contributed by atoms with van der Waals surface area (Å²) >= 11 is 0. The van der Waals surface area contributed by atoms with Gasteiger partial charge in [-0.05, 0) is 24.6 Å². The number of urea groups is 1. The third-order valence-corrected chi connectivity index (χ3v) is 3.59. The molecule has 0 saturated carbocycles. The number of aryl methyl sites for hydroxylation is 1. The van der Waals surface area contributed by atoms with Crippen LogP contribution in [0.15, 0.2) is 22.7 Å². The van der Waals surface area contributed by atoms with Gasteiger partial charge in [0.15, 0.2) is 5.82 Å². The Kier molecular flexibility index (Phi) is 4.94. The van der Waals surface area contributed by atoms with Gasteiger partial charge in [-0.25, -0.2) is 9.78 Å². The van der Waals surface area contributed by atoms with Gasteiger partial charge in [0.1, 0.15) is 12.4 Å². The van der Waals surface area contributed by atoms with E-state index in [0.29, 0.717) is 18.3 Å². The molecule has 0 unspecified atom stereocenters. The maximum absolute atomic E-state index is 12.2. The molecule has 0 fully saturated rings. The van der Waals surface area contributed by atoms with Crippen molar-refractivity contribution in [1.29, 1.82) is 0 Å². The Morgan fingerprint density at radius 3 is 3.04 bits per heavy atom. The van der Waals surface area contributed by atoms with Crippen molar-refractivity contribution in [3.8, 4) is 0 Å². The number of aromatic amines is 1. The van der Waals surface area contributed by atoms with Gasteiger partial charge in [-0.3, -0.25) is 0 Å². The lowest BCUT2D eigenvalue weighted by Gasteiger charge is -2.15. The topological polar surface area (TPSA) is 109 Å². The van der Waals surface area contributed by atoms with Crippen LogP contribution in [-0.4, -0.2) is 45.2 Å². The fraction of sp³-hybridized carbons (Fsp3) is 0.375. The molecule has 0 aliphatic rings. The van der Waals surface area contributed by atoms with Gasteiger partial charge < -0.3 is 24.5 Å². The zero-order chi connectivity index (χ0) is 17.8. The molecule has 9 heteroatoms. The van der Waals surface area contributed by atoms with Gasteiger partial charge in [-0.15, -0.1) is 0 Å². The Morgan fingerprint density at radius 2 is 2.24 bits per heavy atom. The SMILES string of the molecule is COCc1noc(CNC(=O)N(C)Cc2nc3ccc(C)cc3[nH]2)n1. The van der Waals surface area contributed by atoms with Crippen LogP contribution in [0.2, 0.25) is 0 Å². The minimum atomic E-state index is -0.261. The first-order chi connectivity index (χ1) is 12.0. The molecule has 0 saturated heterocycles. The molecular weight excluding hydrogens is 324 g/mol. The fourth-order valence-corrected chi connectivity index (χ4v) is 2.38. The molecule has 0 aliphatic heterocycles. The van der Waals surface area contributed by atoms with Crippen molar-refractivity contribution in [1.82, 2.24) is 30.3 Å². The molecule has 0 atom stereocenters. The summed E-state index contributed by atoms with van der Waals surface area (Å²) in [7, 11) is 3.24. The summed E-state index contributed by atoms with van der Waals surface area (Å²) in [5.74, 6) is 1.49. The molecule has 0 aliphatic carbocycles. The summed E-state index contributed by atoms with van der Waals surface area (Å²) in [4.78, 5) is 25.5. The van der Waals surface area contributed by atoms with Crippen molar-refractivity contribution in [2.75, 3.05) is 14.2 Å². The molecule has 3 aromatic rings. The first kappa shape index (κ1) is 16.9. The van der Waals surface area contributed by atoms with Crippen molar-refractivity contribution in [2.24, 2.45) is 0 Å². The quantitative estimate of drug-likeness (QED) is 0.705. The van der Waals surface area contributed by atoms with Crippen molar-refractivity contribution >= 4 is 17.1 Å². The summed E-state index contributed by atoms with van der Waals surface area (Å²) in [6.45, 7) is 2.80. The van der Waals surface area contributed by atoms with Crippen LogP contribution >= 0.6 is 0 Å². The number of rotatable bonds is 6. The standard InChI is InChI=1S/C16H20N6O3/c1-10-4-5-11-12(6-10)19-13(18-11)8-22(2)16(23)17-7-15-20-14(9-24-3)21-25-15/h4-6H,7-9H2,1-3H3,(H,17,23)(H,18,19). The lowest BCUT2D eigenvalue weighted by atomic mass is 10.2. The normalized spacial score (nSPS) is 11.0. The molecule has 9 nitrogen and oxygen atoms in total. The number of carbonyl (C=O) groups is 1. The smallest absolute Gasteiger partial charge is 0.317 e. The average Bonchev–Trinajstić information content (AvgIpc) is 3.18. The van der Waals surface area contributed by atoms with Crippen LogP contribution < -0.4 is 5.32 Å². The lowest BCUT2D eigenvalue weighted by molar-refractivity contribution is 0.174. The van der Waals surface area contributed by atoms with Gasteiger partial charge in [0.05, 0.1) is 24.1 Å². The third-order valence-electron chi connectivity index (χ3n) is 3.59. The highest BCUT2D eigenvalue weighted by atomic mass is 16.5. The van der Waals surface area contributed by atoms with Crippen molar-refractivity contribution in [3.63, 3.8) is 0 Å². The van der Waals surface area contributed by atoms with Crippen LogP contribution in [0.5, 0.6) is 0 Å². The first-order valence-electron chi connectivity index (χ1n) is 7.80. The van der Waals surface area contributed by atoms with Crippen molar-refractivity contribution in [2.45, 2.75) is 26.6 Å². The number of methoxy groups -OCH3 is 1. The van der Waals surface area contributed by atoms with Gasteiger partial charge in [0.2, 0.25) is 5.89 Å². The number of ether oxygens (including phenoxy) is 1. The second kappa shape index (κ2) is 7.31. The molecule has 2 heterocycles. The summed E-state index contributed by atoms with van der Waals surface area (Å²) in [5, 5.41) is 6.46. The van der Waals surface area contributed by atoms with Gasteiger partial charge in [0.25, 0.3) is 0 Å². The van der Waals surface area contributed by atoms with E-state index < -0.39 is 0 Å². The van der Waals surface area contributed by atoms with Crippen LogP contribution in [-0.2, 0) is 24.4 Å². The number of benzene rings is 1. The zero-order valence-electron chi connectivity index (χ0n) is 14.4. The van der Waals surface area contributed by atoms with E-state index >= 15 is 0 Å². The van der Waals surface area contributed by atoms with E-state index in [1.54, 1.807) is 14.2 Å². The number of H-pyrrole nitrogens is 1. The molecule has 1 aromatic carbocycles. The molecule has 2 amide bonds. The van der Waals surface area contributed by atoms with E-state index in [4.69, 9.17) is 9.26 Å². The second-order valence-electron chi connectivity index (χ2n) is 5.76. The van der Waals surface area contributed by atoms with Crippen molar-refractivity contribution < 1.29 is 14.1 Å². The maximum Gasteiger partial charge on any atom is 0.317 e. The molecule has 3 rings (SSSR count). The monoisotopic (exact) mass is 344 g/mol. The Balaban J connectivity index is 1.55. The van der Waals surface area contributed by atoms with E-state index in [2.05, 4.69) is 25.4 Å². The second-order valence-corrected chi connectivity index (χ2v) is 5.76. The highest BCUT2D eigenvalue weighted by molar-refractivity contribution is 5.76. The molecule has 0 bridgehead atoms. The summed E-state index contributed by atoms with van der Waals surface area (Å²) < 4.78 is 9.94. The number of imidazole rings is 1. The van der Waals surface area contributed by atoms with Crippen molar-refractivity contribution in [3.05, 3.63) is 41.3 Å². The summed E-state index contributed by atoms with van der Waals surface area (Å²) in [5.41, 5.74) is 2.99. The Labute approximate surface area is 144 Å². The number of hydrogen-bond acceptors (Lipinski definition) is 6. The number of hydrogen-bond donors (Lipinski definition) is 2. The molecule has 0 radical (unpaired) electrons. The predicted molar refractivity (Wildman–Crippen MR) is 89.5 cm³/mol. The fourth-order valence-electron chi connectivity index (χ4n) is 2.38. The van der Waals surface area contributed by atoms with Gasteiger partial charge >= 0.3 is 6.03 Å². The van der Waals surface area contributed by atoms with E-state index in [-0.39, 0.29) is 19.2 Å². The van der Waals surface area contributed by atoms with Gasteiger partial charge in [-0.1, -0.05) is 11.2 Å². The Bertz CT molecular complexity index is 872. The molecular formula is C16H20N6O3. The minimum Gasteiger partial charge on any atom is -0.377 e. The average molecular weight is 344 g/mol. The van der Waals surface area contributed by atoms with Crippen LogP contribution in [0.25, 0.3) is 11.0 Å². The highest BCUT2D eigenvalue weighted by Gasteiger charge is 2.13. The molecule has 2 aromatic heterocycles. The largest absolute Gasteiger partial charge is 0.377 e. The Morgan fingerprint density at radius 1 is 1.40 bits per heavy atom. The van der Waals surface area contributed by atoms with Crippen LogP contribution in [0, 0.1) is 6.92 Å². The van der Waals surface area contributed by atoms with Gasteiger partial charge in [0, 0.05) is 14.2 Å². The van der Waals surface area contributed by atoms with E-state index in [1.807, 2.05) is 25.1 Å². The zero-order valence-corrected chi connectivity index (χ0v) is 14.4. The summed E-state index contributed by atoms with van der Waals surface area (Å²) in [6.07, 6.45) is 0. The summed E-state index contributed by atoms with van der Waals surface area (Å²) in [6, 6.07) is 5.73. The van der Waals surface area contributed by atoms with Crippen LogP contribution in [0.3, 0.4) is 0 Å². The number of nitrogens with zero attached hydrogens (tertiary/aromatic N) is 4. The molecule has 25 heavy (non-hydrogen) atoms. The predicted octanol–water partition coefficient (Wildman–Crippen LogP) is 1.74. The van der Waals surface area contributed by atoms with E-state index in [0.717, 1.165) is 22.4 Å². The van der Waals surface area contributed by atoms with Crippen LogP contribution in [0.4, 0.5) is 4.79 Å². The van der Waals surface area contributed by atoms with Crippen LogP contribution in [0.1, 0.15) is 23.1 Å². The number of amides is 2. The molecule has 132 valence electrons. The molecule has 2 N–H and O–H groups in total. The number of fused-ring (bicyclic) bond motifs is 1. The third kappa shape index (κ3) is 4.13. The number of carbonyl (C=O) groups excluding carboxylic acids is 1. The molecule has 0 spiro atoms. The first-order valence-corrected chi connectivity index (χ1v) is 7.80. The minimum absolute atomic E-state index is 0.152. The highest BCUT2D eigenvalue weighted by Crippen LogP contribution is 2.14. The van der Waals surface area contributed by atoms with Gasteiger partial charge in [-0.2, -0.15) is 4.98 Å². The van der Waals surface area contributed by atoms with E-state index in [9.17, 15) is 4.79 Å². The Hall–Kier alpha value is -2.94. The number of nitrogens with one attached hydrogen (secondary N) is 2. The number of aromatic nitrogens is 4.